The third-order valence-corrected chi connectivity index (χ3v) is 3.30. The van der Waals surface area contributed by atoms with Gasteiger partial charge in [0.25, 0.3) is 5.69 Å². The minimum absolute atomic E-state index is 0.165. The molecular weight excluding hydrogens is 312 g/mol. The van der Waals surface area contributed by atoms with Crippen molar-refractivity contribution in [3.63, 3.8) is 0 Å². The summed E-state index contributed by atoms with van der Waals surface area (Å²) in [5, 5.41) is 10.9. The van der Waals surface area contributed by atoms with E-state index in [-0.39, 0.29) is 23.1 Å². The fourth-order valence-electron chi connectivity index (χ4n) is 2.27. The van der Waals surface area contributed by atoms with E-state index in [1.807, 2.05) is 0 Å². The zero-order valence-electron chi connectivity index (χ0n) is 14.9. The summed E-state index contributed by atoms with van der Waals surface area (Å²) in [6.07, 6.45) is -0.594. The molecule has 1 unspecified atom stereocenters. The standard InChI is InChI=1S/C17H24N2O5/c1-11(2)18(16(21)24-17(4,5)6)12(3)15(20)13-8-7-9-14(10-13)19(22)23/h7-12H,1-6H3. The van der Waals surface area contributed by atoms with Crippen molar-refractivity contribution in [1.29, 1.82) is 0 Å². The highest BCUT2D eigenvalue weighted by Gasteiger charge is 2.32. The second kappa shape index (κ2) is 7.42. The van der Waals surface area contributed by atoms with Crippen LogP contribution in [0.1, 0.15) is 51.9 Å². The Morgan fingerprint density at radius 2 is 1.79 bits per heavy atom. The third-order valence-electron chi connectivity index (χ3n) is 3.30. The van der Waals surface area contributed by atoms with Crippen LogP contribution in [0, 0.1) is 10.1 Å². The fraction of sp³-hybridized carbons (Fsp3) is 0.529. The second-order valence-electron chi connectivity index (χ2n) is 6.83. The van der Waals surface area contributed by atoms with Gasteiger partial charge in [-0.1, -0.05) is 12.1 Å². The SMILES string of the molecule is CC(C)N(C(=O)OC(C)(C)C)C(C)C(=O)c1cccc([N+](=O)[O-])c1. The number of carbonyl (C=O) groups excluding carboxylic acids is 2. The lowest BCUT2D eigenvalue weighted by atomic mass is 10.0. The maximum atomic E-state index is 12.7. The number of amides is 1. The maximum Gasteiger partial charge on any atom is 0.411 e. The average molecular weight is 336 g/mol. The highest BCUT2D eigenvalue weighted by Crippen LogP contribution is 2.20. The number of nitrogens with zero attached hydrogens (tertiary/aromatic N) is 2. The zero-order valence-corrected chi connectivity index (χ0v) is 14.9. The van der Waals surface area contributed by atoms with E-state index in [1.165, 1.54) is 29.2 Å². The van der Waals surface area contributed by atoms with Gasteiger partial charge < -0.3 is 4.74 Å². The van der Waals surface area contributed by atoms with Gasteiger partial charge in [-0.05, 0) is 41.5 Å². The Kier molecular flexibility index (Phi) is 6.06. The molecule has 7 heteroatoms. The summed E-state index contributed by atoms with van der Waals surface area (Å²) in [7, 11) is 0. The Labute approximate surface area is 141 Å². The number of hydrogen-bond acceptors (Lipinski definition) is 5. The van der Waals surface area contributed by atoms with Gasteiger partial charge in [0, 0.05) is 23.7 Å². The van der Waals surface area contributed by atoms with E-state index in [1.54, 1.807) is 41.5 Å². The summed E-state index contributed by atoms with van der Waals surface area (Å²) in [4.78, 5) is 36.7. The lowest BCUT2D eigenvalue weighted by Gasteiger charge is -2.33. The molecule has 1 aromatic rings. The highest BCUT2D eigenvalue weighted by molar-refractivity contribution is 6.01. The van der Waals surface area contributed by atoms with E-state index in [2.05, 4.69) is 0 Å². The number of carbonyl (C=O) groups is 2. The molecule has 7 nitrogen and oxygen atoms in total. The number of benzene rings is 1. The summed E-state index contributed by atoms with van der Waals surface area (Å²) in [6.45, 7) is 10.4. The van der Waals surface area contributed by atoms with E-state index >= 15 is 0 Å². The van der Waals surface area contributed by atoms with E-state index in [0.29, 0.717) is 0 Å². The van der Waals surface area contributed by atoms with Crippen LogP contribution in [-0.4, -0.2) is 39.4 Å². The number of hydrogen-bond donors (Lipinski definition) is 0. The highest BCUT2D eigenvalue weighted by atomic mass is 16.6. The summed E-state index contributed by atoms with van der Waals surface area (Å²) in [6, 6.07) is 4.41. The third kappa shape index (κ3) is 5.04. The van der Waals surface area contributed by atoms with Crippen LogP contribution in [0.3, 0.4) is 0 Å². The van der Waals surface area contributed by atoms with E-state index in [9.17, 15) is 19.7 Å². The molecule has 1 amide bonds. The van der Waals surface area contributed by atoms with Gasteiger partial charge in [-0.3, -0.25) is 19.8 Å². The monoisotopic (exact) mass is 336 g/mol. The van der Waals surface area contributed by atoms with Gasteiger partial charge in [0.2, 0.25) is 0 Å². The van der Waals surface area contributed by atoms with Crippen molar-refractivity contribution in [2.75, 3.05) is 0 Å². The van der Waals surface area contributed by atoms with Crippen molar-refractivity contribution in [3.8, 4) is 0 Å². The zero-order chi connectivity index (χ0) is 18.7. The van der Waals surface area contributed by atoms with Crippen molar-refractivity contribution < 1.29 is 19.2 Å². The van der Waals surface area contributed by atoms with Crippen LogP contribution in [-0.2, 0) is 4.74 Å². The number of nitro groups is 1. The normalized spacial score (nSPS) is 12.6. The Bertz CT molecular complexity index is 634. The van der Waals surface area contributed by atoms with Crippen LogP contribution in [0.5, 0.6) is 0 Å². The van der Waals surface area contributed by atoms with Crippen molar-refractivity contribution in [3.05, 3.63) is 39.9 Å². The molecule has 0 aliphatic carbocycles. The molecule has 0 radical (unpaired) electrons. The topological polar surface area (TPSA) is 89.8 Å². The van der Waals surface area contributed by atoms with E-state index < -0.39 is 22.7 Å². The molecule has 0 aliphatic rings. The molecule has 0 heterocycles. The second-order valence-corrected chi connectivity index (χ2v) is 6.83. The van der Waals surface area contributed by atoms with Gasteiger partial charge in [0.1, 0.15) is 5.60 Å². The van der Waals surface area contributed by atoms with Gasteiger partial charge in [-0.2, -0.15) is 0 Å². The molecule has 0 bridgehead atoms. The minimum Gasteiger partial charge on any atom is -0.444 e. The first-order valence-electron chi connectivity index (χ1n) is 7.74. The molecule has 0 aliphatic heterocycles. The largest absolute Gasteiger partial charge is 0.444 e. The average Bonchev–Trinajstić information content (AvgIpc) is 2.44. The lowest BCUT2D eigenvalue weighted by molar-refractivity contribution is -0.384. The molecule has 0 fully saturated rings. The van der Waals surface area contributed by atoms with Gasteiger partial charge in [0.15, 0.2) is 5.78 Å². The lowest BCUT2D eigenvalue weighted by Crippen LogP contribution is -2.49. The molecule has 0 aromatic heterocycles. The number of rotatable bonds is 5. The Hall–Kier alpha value is -2.44. The van der Waals surface area contributed by atoms with Crippen LogP contribution < -0.4 is 0 Å². The van der Waals surface area contributed by atoms with Gasteiger partial charge >= 0.3 is 6.09 Å². The molecular formula is C17H24N2O5. The van der Waals surface area contributed by atoms with Crippen LogP contribution in [0.2, 0.25) is 0 Å². The predicted molar refractivity (Wildman–Crippen MR) is 90.1 cm³/mol. The first kappa shape index (κ1) is 19.6. The number of ketones is 1. The van der Waals surface area contributed by atoms with Crippen LogP contribution in [0.25, 0.3) is 0 Å². The molecule has 0 spiro atoms. The van der Waals surface area contributed by atoms with Crippen molar-refractivity contribution >= 4 is 17.6 Å². The minimum atomic E-state index is -0.804. The van der Waals surface area contributed by atoms with Crippen molar-refractivity contribution in [2.45, 2.75) is 59.2 Å². The molecule has 1 atom stereocenters. The molecule has 0 saturated heterocycles. The molecule has 0 N–H and O–H groups in total. The summed E-state index contributed by atoms with van der Waals surface area (Å²) < 4.78 is 5.36. The van der Waals surface area contributed by atoms with Crippen LogP contribution in [0.4, 0.5) is 10.5 Å². The van der Waals surface area contributed by atoms with Crippen molar-refractivity contribution in [2.24, 2.45) is 0 Å². The van der Waals surface area contributed by atoms with Crippen LogP contribution >= 0.6 is 0 Å². The van der Waals surface area contributed by atoms with Gasteiger partial charge in [0.05, 0.1) is 11.0 Å². The van der Waals surface area contributed by atoms with E-state index in [4.69, 9.17) is 4.74 Å². The Morgan fingerprint density at radius 1 is 1.21 bits per heavy atom. The van der Waals surface area contributed by atoms with E-state index in [0.717, 1.165) is 0 Å². The first-order chi connectivity index (χ1) is 10.9. The molecule has 132 valence electrons. The van der Waals surface area contributed by atoms with Crippen LogP contribution in [0.15, 0.2) is 24.3 Å². The Balaban J connectivity index is 3.08. The first-order valence-corrected chi connectivity index (χ1v) is 7.74. The summed E-state index contributed by atoms with van der Waals surface area (Å²) in [5.41, 5.74) is -0.661. The smallest absolute Gasteiger partial charge is 0.411 e. The molecule has 0 saturated carbocycles. The quantitative estimate of drug-likeness (QED) is 0.463. The van der Waals surface area contributed by atoms with Crippen molar-refractivity contribution in [1.82, 2.24) is 4.90 Å². The number of non-ortho nitro benzene ring substituents is 1. The maximum absolute atomic E-state index is 12.7. The summed E-state index contributed by atoms with van der Waals surface area (Å²) in [5.74, 6) is -0.377. The number of nitro benzene ring substituents is 1. The van der Waals surface area contributed by atoms with Gasteiger partial charge in [-0.25, -0.2) is 4.79 Å². The Morgan fingerprint density at radius 3 is 2.25 bits per heavy atom. The molecule has 1 aromatic carbocycles. The van der Waals surface area contributed by atoms with Gasteiger partial charge in [-0.15, -0.1) is 0 Å². The molecule has 1 rings (SSSR count). The number of Topliss-reactive ketones (excluding diaryl/α,β-unsaturated/α-hetero) is 1. The molecule has 24 heavy (non-hydrogen) atoms. The fourth-order valence-corrected chi connectivity index (χ4v) is 2.27. The predicted octanol–water partition coefficient (Wildman–Crippen LogP) is 3.81. The summed E-state index contributed by atoms with van der Waals surface area (Å²) >= 11 is 0. The number of ether oxygens (including phenoxy) is 1.